The van der Waals surface area contributed by atoms with Crippen molar-refractivity contribution in [3.8, 4) is 0 Å². The van der Waals surface area contributed by atoms with Crippen molar-refractivity contribution in [2.24, 2.45) is 0 Å². The molecule has 7 heteroatoms. The third-order valence-corrected chi connectivity index (χ3v) is 3.35. The van der Waals surface area contributed by atoms with Crippen molar-refractivity contribution in [1.82, 2.24) is 25.5 Å². The number of aromatic amines is 1. The van der Waals surface area contributed by atoms with E-state index in [-0.39, 0.29) is 5.91 Å². The topological polar surface area (TPSA) is 83.6 Å². The maximum atomic E-state index is 11.9. The van der Waals surface area contributed by atoms with Crippen molar-refractivity contribution in [2.75, 3.05) is 0 Å². The number of nitrogens with one attached hydrogen (secondary N) is 2. The molecule has 0 aliphatic heterocycles. The molecule has 0 aliphatic rings. The van der Waals surface area contributed by atoms with E-state index in [1.165, 1.54) is 11.3 Å². The standard InChI is InChI=1S/C11H9N5OS/c17-9(13-4-7-5-14-15-6-7)11-16-8-2-1-3-12-10(8)18-11/h1-3,5-6H,4H2,(H,13,17)(H,14,15). The molecule has 0 aliphatic carbocycles. The van der Waals surface area contributed by atoms with E-state index >= 15 is 0 Å². The van der Waals surface area contributed by atoms with E-state index < -0.39 is 0 Å². The molecule has 0 saturated carbocycles. The van der Waals surface area contributed by atoms with Crippen LogP contribution in [0.4, 0.5) is 0 Å². The normalized spacial score (nSPS) is 10.7. The van der Waals surface area contributed by atoms with Gasteiger partial charge in [-0.2, -0.15) is 5.10 Å². The van der Waals surface area contributed by atoms with Crippen LogP contribution in [0.3, 0.4) is 0 Å². The molecule has 6 nitrogen and oxygen atoms in total. The average molecular weight is 259 g/mol. The Bertz CT molecular complexity index is 643. The van der Waals surface area contributed by atoms with Crippen molar-refractivity contribution < 1.29 is 4.79 Å². The zero-order valence-corrected chi connectivity index (χ0v) is 10.1. The molecule has 0 atom stereocenters. The predicted molar refractivity (Wildman–Crippen MR) is 67.2 cm³/mol. The van der Waals surface area contributed by atoms with Gasteiger partial charge in [-0.15, -0.1) is 0 Å². The molecule has 0 saturated heterocycles. The number of hydrogen-bond acceptors (Lipinski definition) is 5. The third-order valence-electron chi connectivity index (χ3n) is 2.37. The van der Waals surface area contributed by atoms with E-state index in [0.29, 0.717) is 11.6 Å². The van der Waals surface area contributed by atoms with E-state index in [2.05, 4.69) is 25.5 Å². The summed E-state index contributed by atoms with van der Waals surface area (Å²) in [6.07, 6.45) is 5.09. The molecule has 0 spiro atoms. The lowest BCUT2D eigenvalue weighted by molar-refractivity contribution is 0.0951. The molecule has 1 amide bonds. The smallest absolute Gasteiger partial charge is 0.280 e. The number of fused-ring (bicyclic) bond motifs is 1. The van der Waals surface area contributed by atoms with Gasteiger partial charge in [-0.05, 0) is 12.1 Å². The van der Waals surface area contributed by atoms with Gasteiger partial charge in [0.25, 0.3) is 5.91 Å². The fraction of sp³-hybridized carbons (Fsp3) is 0.0909. The maximum absolute atomic E-state index is 11.9. The number of carbonyl (C=O) groups is 1. The molecule has 3 aromatic heterocycles. The van der Waals surface area contributed by atoms with Gasteiger partial charge in [0.2, 0.25) is 0 Å². The minimum absolute atomic E-state index is 0.195. The first-order chi connectivity index (χ1) is 8.83. The molecule has 3 aromatic rings. The Kier molecular flexibility index (Phi) is 2.73. The van der Waals surface area contributed by atoms with Crippen LogP contribution >= 0.6 is 11.3 Å². The van der Waals surface area contributed by atoms with Gasteiger partial charge in [0, 0.05) is 24.5 Å². The summed E-state index contributed by atoms with van der Waals surface area (Å²) in [7, 11) is 0. The molecule has 90 valence electrons. The highest BCUT2D eigenvalue weighted by atomic mass is 32.1. The molecule has 3 rings (SSSR count). The monoisotopic (exact) mass is 259 g/mol. The van der Waals surface area contributed by atoms with Gasteiger partial charge in [0.15, 0.2) is 5.01 Å². The number of H-pyrrole nitrogens is 1. The van der Waals surface area contributed by atoms with E-state index in [4.69, 9.17) is 0 Å². The van der Waals surface area contributed by atoms with Crippen LogP contribution in [0.2, 0.25) is 0 Å². The van der Waals surface area contributed by atoms with Crippen molar-refractivity contribution in [3.05, 3.63) is 41.3 Å². The maximum Gasteiger partial charge on any atom is 0.280 e. The summed E-state index contributed by atoms with van der Waals surface area (Å²) in [4.78, 5) is 21.0. The fourth-order valence-corrected chi connectivity index (χ4v) is 2.32. The molecule has 0 fully saturated rings. The number of carbonyl (C=O) groups excluding carboxylic acids is 1. The van der Waals surface area contributed by atoms with E-state index in [9.17, 15) is 4.79 Å². The van der Waals surface area contributed by atoms with E-state index in [1.54, 1.807) is 24.7 Å². The Balaban J connectivity index is 1.75. The van der Waals surface area contributed by atoms with Crippen LogP contribution in [-0.2, 0) is 6.54 Å². The van der Waals surface area contributed by atoms with Crippen LogP contribution in [0.15, 0.2) is 30.7 Å². The van der Waals surface area contributed by atoms with E-state index in [1.807, 2.05) is 6.07 Å². The molecule has 0 radical (unpaired) electrons. The predicted octanol–water partition coefficient (Wildman–Crippen LogP) is 1.34. The molecule has 0 bridgehead atoms. The SMILES string of the molecule is O=C(NCc1cn[nH]c1)c1nc2cccnc2s1. The van der Waals surface area contributed by atoms with E-state index in [0.717, 1.165) is 15.9 Å². The Labute approximate surface area is 106 Å². The van der Waals surface area contributed by atoms with Gasteiger partial charge in [-0.3, -0.25) is 9.89 Å². The van der Waals surface area contributed by atoms with Gasteiger partial charge in [0.05, 0.1) is 6.20 Å². The Morgan fingerprint density at radius 3 is 3.22 bits per heavy atom. The first kappa shape index (κ1) is 10.8. The number of hydrogen-bond donors (Lipinski definition) is 2. The third kappa shape index (κ3) is 2.07. The van der Waals surface area contributed by atoms with Crippen LogP contribution in [0.5, 0.6) is 0 Å². The summed E-state index contributed by atoms with van der Waals surface area (Å²) in [5.74, 6) is -0.195. The van der Waals surface area contributed by atoms with Crippen LogP contribution < -0.4 is 5.32 Å². The van der Waals surface area contributed by atoms with Crippen molar-refractivity contribution >= 4 is 27.6 Å². The van der Waals surface area contributed by atoms with Crippen molar-refractivity contribution in [3.63, 3.8) is 0 Å². The second kappa shape index (κ2) is 4.53. The Hall–Kier alpha value is -2.28. The van der Waals surface area contributed by atoms with Crippen LogP contribution in [0.25, 0.3) is 10.3 Å². The highest BCUT2D eigenvalue weighted by molar-refractivity contribution is 7.19. The van der Waals surface area contributed by atoms with Gasteiger partial charge in [0.1, 0.15) is 10.3 Å². The zero-order chi connectivity index (χ0) is 12.4. The fourth-order valence-electron chi connectivity index (χ4n) is 1.50. The number of nitrogens with zero attached hydrogens (tertiary/aromatic N) is 3. The molecule has 0 aromatic carbocycles. The van der Waals surface area contributed by atoms with Crippen LogP contribution in [-0.4, -0.2) is 26.1 Å². The summed E-state index contributed by atoms with van der Waals surface area (Å²) in [5.41, 5.74) is 1.67. The summed E-state index contributed by atoms with van der Waals surface area (Å²) < 4.78 is 0. The van der Waals surface area contributed by atoms with Crippen molar-refractivity contribution in [1.29, 1.82) is 0 Å². The second-order valence-electron chi connectivity index (χ2n) is 3.64. The van der Waals surface area contributed by atoms with Crippen molar-refractivity contribution in [2.45, 2.75) is 6.54 Å². The zero-order valence-electron chi connectivity index (χ0n) is 9.25. The number of amides is 1. The Morgan fingerprint density at radius 1 is 1.50 bits per heavy atom. The molecule has 18 heavy (non-hydrogen) atoms. The quantitative estimate of drug-likeness (QED) is 0.743. The largest absolute Gasteiger partial charge is 0.346 e. The van der Waals surface area contributed by atoms with Crippen LogP contribution in [0, 0.1) is 0 Å². The Morgan fingerprint density at radius 2 is 2.44 bits per heavy atom. The first-order valence-electron chi connectivity index (χ1n) is 5.30. The lowest BCUT2D eigenvalue weighted by Gasteiger charge is -1.98. The molecule has 2 N–H and O–H groups in total. The highest BCUT2D eigenvalue weighted by Gasteiger charge is 2.12. The number of rotatable bonds is 3. The minimum Gasteiger partial charge on any atom is -0.346 e. The number of aromatic nitrogens is 4. The summed E-state index contributed by atoms with van der Waals surface area (Å²) in [5, 5.41) is 9.71. The average Bonchev–Trinajstić information content (AvgIpc) is 3.04. The summed E-state index contributed by atoms with van der Waals surface area (Å²) >= 11 is 1.28. The van der Waals surface area contributed by atoms with Gasteiger partial charge >= 0.3 is 0 Å². The lowest BCUT2D eigenvalue weighted by atomic mass is 10.3. The molecular weight excluding hydrogens is 250 g/mol. The lowest BCUT2D eigenvalue weighted by Crippen LogP contribution is -2.22. The summed E-state index contributed by atoms with van der Waals surface area (Å²) in [6.45, 7) is 0.429. The number of pyridine rings is 1. The highest BCUT2D eigenvalue weighted by Crippen LogP contribution is 2.18. The minimum atomic E-state index is -0.195. The summed E-state index contributed by atoms with van der Waals surface area (Å²) in [6, 6.07) is 3.64. The molecule has 0 unspecified atom stereocenters. The van der Waals surface area contributed by atoms with Gasteiger partial charge in [-0.1, -0.05) is 11.3 Å². The van der Waals surface area contributed by atoms with Gasteiger partial charge < -0.3 is 5.32 Å². The van der Waals surface area contributed by atoms with Crippen LogP contribution in [0.1, 0.15) is 15.4 Å². The molecular formula is C11H9N5OS. The first-order valence-corrected chi connectivity index (χ1v) is 6.12. The van der Waals surface area contributed by atoms with Gasteiger partial charge in [-0.25, -0.2) is 9.97 Å². The molecule has 3 heterocycles. The second-order valence-corrected chi connectivity index (χ2v) is 4.61. The number of thiazole rings is 1.